The molecule has 0 aliphatic carbocycles. The Bertz CT molecular complexity index is 482. The Hall–Kier alpha value is -1.62. The number of benzene rings is 1. The van der Waals surface area contributed by atoms with E-state index in [2.05, 4.69) is 5.32 Å². The van der Waals surface area contributed by atoms with Gasteiger partial charge in [-0.1, -0.05) is 18.2 Å². The largest absolute Gasteiger partial charge is 0.329 e. The van der Waals surface area contributed by atoms with Crippen LogP contribution in [0.15, 0.2) is 24.3 Å². The number of nitrogens with one attached hydrogen (secondary N) is 1. The maximum atomic E-state index is 13.8. The van der Waals surface area contributed by atoms with Gasteiger partial charge in [0.2, 0.25) is 0 Å². The number of hydrogen-bond donors (Lipinski definition) is 2. The van der Waals surface area contributed by atoms with Crippen LogP contribution in [0.2, 0.25) is 0 Å². The van der Waals surface area contributed by atoms with E-state index in [1.165, 1.54) is 6.07 Å². The first-order chi connectivity index (χ1) is 9.40. The highest BCUT2D eigenvalue weighted by Gasteiger charge is 2.29. The van der Waals surface area contributed by atoms with E-state index in [1.54, 1.807) is 36.9 Å². The lowest BCUT2D eigenvalue weighted by molar-refractivity contribution is 0.171. The van der Waals surface area contributed by atoms with Crippen molar-refractivity contribution in [3.63, 3.8) is 0 Å². The highest BCUT2D eigenvalue weighted by atomic mass is 19.1. The lowest BCUT2D eigenvalue weighted by Gasteiger charge is -2.34. The summed E-state index contributed by atoms with van der Waals surface area (Å²) in [6.45, 7) is 4.92. The van der Waals surface area contributed by atoms with E-state index in [0.29, 0.717) is 18.7 Å². The van der Waals surface area contributed by atoms with Crippen molar-refractivity contribution in [2.45, 2.75) is 38.3 Å². The van der Waals surface area contributed by atoms with Gasteiger partial charge in [0, 0.05) is 24.7 Å². The molecule has 0 bridgehead atoms. The van der Waals surface area contributed by atoms with Crippen LogP contribution >= 0.6 is 0 Å². The van der Waals surface area contributed by atoms with Crippen molar-refractivity contribution in [3.8, 4) is 0 Å². The summed E-state index contributed by atoms with van der Waals surface area (Å²) in [7, 11) is 0. The van der Waals surface area contributed by atoms with Crippen LogP contribution in [0.4, 0.5) is 9.18 Å². The zero-order valence-corrected chi connectivity index (χ0v) is 12.0. The number of nitrogens with zero attached hydrogens (tertiary/aromatic N) is 1. The molecular formula is C15H22FN3O. The molecule has 0 atom stereocenters. The molecule has 1 aromatic rings. The van der Waals surface area contributed by atoms with E-state index in [1.807, 2.05) is 0 Å². The van der Waals surface area contributed by atoms with E-state index in [-0.39, 0.29) is 17.9 Å². The second kappa shape index (κ2) is 5.79. The number of nitrogens with two attached hydrogens (primary N) is 1. The molecule has 1 aromatic carbocycles. The van der Waals surface area contributed by atoms with Gasteiger partial charge in [0.05, 0.1) is 5.54 Å². The Labute approximate surface area is 119 Å². The van der Waals surface area contributed by atoms with Crippen molar-refractivity contribution in [3.05, 3.63) is 35.6 Å². The van der Waals surface area contributed by atoms with Gasteiger partial charge < -0.3 is 16.0 Å². The van der Waals surface area contributed by atoms with E-state index in [9.17, 15) is 9.18 Å². The second-order valence-electron chi connectivity index (χ2n) is 5.86. The van der Waals surface area contributed by atoms with Gasteiger partial charge in [0.1, 0.15) is 5.82 Å². The number of piperidine rings is 1. The first kappa shape index (κ1) is 14.8. The number of urea groups is 1. The zero-order valence-electron chi connectivity index (χ0n) is 12.0. The maximum absolute atomic E-state index is 13.8. The number of rotatable bonds is 2. The van der Waals surface area contributed by atoms with Gasteiger partial charge in [-0.15, -0.1) is 0 Å². The molecule has 4 nitrogen and oxygen atoms in total. The van der Waals surface area contributed by atoms with Crippen molar-refractivity contribution >= 4 is 6.03 Å². The molecule has 1 aliphatic heterocycles. The molecule has 1 heterocycles. The molecule has 3 N–H and O–H groups in total. The summed E-state index contributed by atoms with van der Waals surface area (Å²) in [4.78, 5) is 14.0. The minimum absolute atomic E-state index is 0.162. The van der Waals surface area contributed by atoms with E-state index in [0.717, 1.165) is 12.8 Å². The van der Waals surface area contributed by atoms with E-state index < -0.39 is 5.54 Å². The molecule has 20 heavy (non-hydrogen) atoms. The van der Waals surface area contributed by atoms with Crippen molar-refractivity contribution in [1.82, 2.24) is 10.2 Å². The first-order valence-corrected chi connectivity index (χ1v) is 6.98. The van der Waals surface area contributed by atoms with Crippen LogP contribution in [0.25, 0.3) is 0 Å². The Kier molecular flexibility index (Phi) is 4.28. The van der Waals surface area contributed by atoms with Gasteiger partial charge >= 0.3 is 6.03 Å². The molecule has 2 amide bonds. The fraction of sp³-hybridized carbons (Fsp3) is 0.533. The number of likely N-dealkylation sites (tertiary alicyclic amines) is 1. The number of amides is 2. The summed E-state index contributed by atoms with van der Waals surface area (Å²) in [5, 5.41) is 2.90. The summed E-state index contributed by atoms with van der Waals surface area (Å²) in [5.41, 5.74) is 5.57. The van der Waals surface area contributed by atoms with Gasteiger partial charge in [-0.25, -0.2) is 9.18 Å². The van der Waals surface area contributed by atoms with Gasteiger partial charge in [0.25, 0.3) is 0 Å². The third-order valence-electron chi connectivity index (χ3n) is 3.79. The van der Waals surface area contributed by atoms with Gasteiger partial charge in [0.15, 0.2) is 0 Å². The monoisotopic (exact) mass is 279 g/mol. The number of carbonyl (C=O) groups excluding carboxylic acids is 1. The average Bonchev–Trinajstić information content (AvgIpc) is 2.39. The summed E-state index contributed by atoms with van der Waals surface area (Å²) >= 11 is 0. The van der Waals surface area contributed by atoms with Crippen LogP contribution in [-0.4, -0.2) is 30.1 Å². The lowest BCUT2D eigenvalue weighted by atomic mass is 9.94. The van der Waals surface area contributed by atoms with Gasteiger partial charge in [-0.2, -0.15) is 0 Å². The Morgan fingerprint density at radius 2 is 1.95 bits per heavy atom. The summed E-state index contributed by atoms with van der Waals surface area (Å²) in [6.07, 6.45) is 1.63. The van der Waals surface area contributed by atoms with Gasteiger partial charge in [-0.3, -0.25) is 0 Å². The predicted molar refractivity (Wildman–Crippen MR) is 76.7 cm³/mol. The molecule has 0 spiro atoms. The van der Waals surface area contributed by atoms with Crippen LogP contribution in [0, 0.1) is 5.82 Å². The van der Waals surface area contributed by atoms with E-state index >= 15 is 0 Å². The summed E-state index contributed by atoms with van der Waals surface area (Å²) < 4.78 is 13.8. The van der Waals surface area contributed by atoms with Crippen LogP contribution in [0.3, 0.4) is 0 Å². The Morgan fingerprint density at radius 3 is 2.55 bits per heavy atom. The first-order valence-electron chi connectivity index (χ1n) is 6.98. The second-order valence-corrected chi connectivity index (χ2v) is 5.86. The third kappa shape index (κ3) is 3.28. The fourth-order valence-corrected chi connectivity index (χ4v) is 2.48. The van der Waals surface area contributed by atoms with Crippen molar-refractivity contribution in [2.24, 2.45) is 5.73 Å². The van der Waals surface area contributed by atoms with Crippen LogP contribution in [-0.2, 0) is 5.54 Å². The quantitative estimate of drug-likeness (QED) is 0.872. The van der Waals surface area contributed by atoms with Crippen molar-refractivity contribution < 1.29 is 9.18 Å². The predicted octanol–water partition coefficient (Wildman–Crippen LogP) is 2.19. The molecule has 1 aliphatic rings. The smallest absolute Gasteiger partial charge is 0.318 e. The van der Waals surface area contributed by atoms with Crippen LogP contribution in [0.1, 0.15) is 32.3 Å². The molecule has 1 fully saturated rings. The van der Waals surface area contributed by atoms with E-state index in [4.69, 9.17) is 5.73 Å². The number of halogens is 1. The molecule has 110 valence electrons. The van der Waals surface area contributed by atoms with Crippen molar-refractivity contribution in [1.29, 1.82) is 0 Å². The van der Waals surface area contributed by atoms with Crippen molar-refractivity contribution in [2.75, 3.05) is 13.1 Å². The lowest BCUT2D eigenvalue weighted by Crippen LogP contribution is -2.52. The normalized spacial score (nSPS) is 17.1. The summed E-state index contributed by atoms with van der Waals surface area (Å²) in [6, 6.07) is 6.53. The standard InChI is InChI=1S/C15H22FN3O/c1-15(2,12-5-3-4-6-13(12)16)18-14(20)19-9-7-11(17)8-10-19/h3-6,11H,7-10,17H2,1-2H3,(H,18,20). The topological polar surface area (TPSA) is 58.4 Å². The number of hydrogen-bond acceptors (Lipinski definition) is 2. The van der Waals surface area contributed by atoms with Crippen LogP contribution < -0.4 is 11.1 Å². The summed E-state index contributed by atoms with van der Waals surface area (Å²) in [5.74, 6) is -0.307. The molecule has 0 saturated carbocycles. The Balaban J connectivity index is 2.05. The SMILES string of the molecule is CC(C)(NC(=O)N1CCC(N)CC1)c1ccccc1F. The average molecular weight is 279 g/mol. The molecule has 0 radical (unpaired) electrons. The minimum Gasteiger partial charge on any atom is -0.329 e. The highest BCUT2D eigenvalue weighted by molar-refractivity contribution is 5.75. The molecular weight excluding hydrogens is 257 g/mol. The molecule has 0 aromatic heterocycles. The zero-order chi connectivity index (χ0) is 14.8. The molecule has 1 saturated heterocycles. The molecule has 5 heteroatoms. The third-order valence-corrected chi connectivity index (χ3v) is 3.79. The highest BCUT2D eigenvalue weighted by Crippen LogP contribution is 2.23. The fourth-order valence-electron chi connectivity index (χ4n) is 2.48. The number of carbonyl (C=O) groups is 1. The minimum atomic E-state index is -0.748. The van der Waals surface area contributed by atoms with Crippen LogP contribution in [0.5, 0.6) is 0 Å². The van der Waals surface area contributed by atoms with Gasteiger partial charge in [-0.05, 0) is 32.8 Å². The maximum Gasteiger partial charge on any atom is 0.318 e. The molecule has 0 unspecified atom stereocenters. The molecule has 2 rings (SSSR count). The Morgan fingerprint density at radius 1 is 1.35 bits per heavy atom.